The molecule has 3 rings (SSSR count). The number of nitro benzene ring substituents is 2. The molecule has 3 aromatic carbocycles. The van der Waals surface area contributed by atoms with Crippen molar-refractivity contribution in [2.45, 2.75) is 0 Å². The lowest BCUT2D eigenvalue weighted by Crippen LogP contribution is -2.13. The molecule has 192 valence electrons. The van der Waals surface area contributed by atoms with E-state index < -0.39 is 33.1 Å². The van der Waals surface area contributed by atoms with E-state index in [1.165, 1.54) is 49.6 Å². The molecule has 0 spiro atoms. The number of non-ortho nitro benzene ring substituents is 1. The molecule has 0 aliphatic carbocycles. The molecule has 0 aromatic heterocycles. The Labute approximate surface area is 231 Å². The molecule has 3 aromatic rings. The second-order valence-corrected chi connectivity index (χ2v) is 8.98. The van der Waals surface area contributed by atoms with Crippen molar-refractivity contribution in [1.82, 2.24) is 0 Å². The Morgan fingerprint density at radius 3 is 2.16 bits per heavy atom. The number of amides is 1. The van der Waals surface area contributed by atoms with E-state index in [9.17, 15) is 35.1 Å². The molecular weight excluding hydrogens is 632 g/mol. The maximum absolute atomic E-state index is 12.6. The number of halogens is 2. The van der Waals surface area contributed by atoms with Crippen LogP contribution in [0.15, 0.2) is 69.1 Å². The van der Waals surface area contributed by atoms with Crippen LogP contribution < -0.4 is 10.1 Å². The minimum atomic E-state index is -0.804. The SMILES string of the molecule is COC(=O)c1ccc(NC(=O)/C(C#N)=C/c2cc(Br)c(Oc3ccc([N+](=O)[O-])cc3[N+](=O)[O-])c(Br)c2)cc1. The van der Waals surface area contributed by atoms with E-state index in [0.717, 1.165) is 18.2 Å². The van der Waals surface area contributed by atoms with Gasteiger partial charge in [0, 0.05) is 11.8 Å². The van der Waals surface area contributed by atoms with Crippen LogP contribution in [0.2, 0.25) is 0 Å². The summed E-state index contributed by atoms with van der Waals surface area (Å²) in [5.41, 5.74) is -0.269. The molecule has 14 heteroatoms. The number of benzene rings is 3. The van der Waals surface area contributed by atoms with Gasteiger partial charge in [0.2, 0.25) is 5.75 Å². The highest BCUT2D eigenvalue weighted by Crippen LogP contribution is 2.41. The topological polar surface area (TPSA) is 175 Å². The Kier molecular flexibility index (Phi) is 8.89. The molecule has 0 fully saturated rings. The summed E-state index contributed by atoms with van der Waals surface area (Å²) in [6.07, 6.45) is 1.31. The van der Waals surface area contributed by atoms with Crippen molar-refractivity contribution in [2.75, 3.05) is 12.4 Å². The standard InChI is InChI=1S/C24H14Br2N4O8/c1-37-24(32)14-2-4-16(5-3-14)28-23(31)15(12-27)8-13-9-18(25)22(19(26)10-13)38-21-7-6-17(29(33)34)11-20(21)30(35)36/h2-11H,1H3,(H,28,31)/b15-8+. The molecule has 0 bridgehead atoms. The number of nitrogens with one attached hydrogen (secondary N) is 1. The highest BCUT2D eigenvalue weighted by atomic mass is 79.9. The van der Waals surface area contributed by atoms with Gasteiger partial charge in [0.15, 0.2) is 5.75 Å². The molecule has 1 N–H and O–H groups in total. The zero-order valence-corrected chi connectivity index (χ0v) is 22.3. The van der Waals surface area contributed by atoms with Gasteiger partial charge in [-0.15, -0.1) is 0 Å². The molecule has 0 saturated heterocycles. The van der Waals surface area contributed by atoms with Gasteiger partial charge in [0.05, 0.1) is 37.5 Å². The molecular formula is C24H14Br2N4O8. The van der Waals surface area contributed by atoms with Crippen molar-refractivity contribution in [3.63, 3.8) is 0 Å². The second-order valence-electron chi connectivity index (χ2n) is 7.27. The molecule has 0 unspecified atom stereocenters. The van der Waals surface area contributed by atoms with E-state index in [1.54, 1.807) is 0 Å². The molecule has 0 aliphatic heterocycles. The largest absolute Gasteiger partial charge is 0.465 e. The molecule has 12 nitrogen and oxygen atoms in total. The second kappa shape index (κ2) is 12.1. The molecule has 0 heterocycles. The first kappa shape index (κ1) is 28.0. The Morgan fingerprint density at radius 2 is 1.63 bits per heavy atom. The third kappa shape index (κ3) is 6.58. The van der Waals surface area contributed by atoms with Crippen molar-refractivity contribution >= 4 is 66.9 Å². The number of rotatable bonds is 8. The summed E-state index contributed by atoms with van der Waals surface area (Å²) in [6, 6.07) is 13.7. The number of esters is 1. The summed E-state index contributed by atoms with van der Waals surface area (Å²) >= 11 is 6.60. The van der Waals surface area contributed by atoms with Crippen LogP contribution >= 0.6 is 31.9 Å². The van der Waals surface area contributed by atoms with Crippen molar-refractivity contribution in [3.8, 4) is 17.6 Å². The maximum atomic E-state index is 12.6. The van der Waals surface area contributed by atoms with Gasteiger partial charge in [-0.25, -0.2) is 4.79 Å². The summed E-state index contributed by atoms with van der Waals surface area (Å²) in [4.78, 5) is 45.0. The predicted molar refractivity (Wildman–Crippen MR) is 142 cm³/mol. The van der Waals surface area contributed by atoms with Gasteiger partial charge in [-0.3, -0.25) is 25.0 Å². The quantitative estimate of drug-likeness (QED) is 0.0989. The Morgan fingerprint density at radius 1 is 1.00 bits per heavy atom. The first-order valence-electron chi connectivity index (χ1n) is 10.2. The van der Waals surface area contributed by atoms with E-state index in [4.69, 9.17) is 4.74 Å². The van der Waals surface area contributed by atoms with Gasteiger partial charge in [-0.1, -0.05) is 0 Å². The van der Waals surface area contributed by atoms with Crippen molar-refractivity contribution in [1.29, 1.82) is 5.26 Å². The van der Waals surface area contributed by atoms with Gasteiger partial charge in [0.1, 0.15) is 11.6 Å². The van der Waals surface area contributed by atoms with E-state index in [0.29, 0.717) is 20.2 Å². The fourth-order valence-corrected chi connectivity index (χ4v) is 4.42. The first-order valence-corrected chi connectivity index (χ1v) is 11.8. The number of methoxy groups -OCH3 is 1. The fourth-order valence-electron chi connectivity index (χ4n) is 3.04. The minimum absolute atomic E-state index is 0.118. The van der Waals surface area contributed by atoms with Crippen molar-refractivity contribution in [2.24, 2.45) is 0 Å². The smallest absolute Gasteiger partial charge is 0.337 e. The van der Waals surface area contributed by atoms with Crippen molar-refractivity contribution in [3.05, 3.63) is 100 Å². The fraction of sp³-hybridized carbons (Fsp3) is 0.0417. The lowest BCUT2D eigenvalue weighted by molar-refractivity contribution is -0.394. The summed E-state index contributed by atoms with van der Waals surface area (Å²) in [6.45, 7) is 0. The van der Waals surface area contributed by atoms with E-state index in [2.05, 4.69) is 41.9 Å². The molecule has 1 amide bonds. The highest BCUT2D eigenvalue weighted by molar-refractivity contribution is 9.11. The number of nitro groups is 2. The minimum Gasteiger partial charge on any atom is -0.465 e. The Bertz CT molecular complexity index is 1510. The predicted octanol–water partition coefficient (Wildman–Crippen LogP) is 6.15. The number of hydrogen-bond donors (Lipinski definition) is 1. The van der Waals surface area contributed by atoms with Crippen LogP contribution in [0.25, 0.3) is 6.08 Å². The van der Waals surface area contributed by atoms with Crippen LogP contribution in [0.1, 0.15) is 15.9 Å². The molecule has 38 heavy (non-hydrogen) atoms. The van der Waals surface area contributed by atoms with Crippen molar-refractivity contribution < 1.29 is 28.9 Å². The lowest BCUT2D eigenvalue weighted by atomic mass is 10.1. The first-order chi connectivity index (χ1) is 18.0. The monoisotopic (exact) mass is 644 g/mol. The summed E-state index contributed by atoms with van der Waals surface area (Å²) in [7, 11) is 1.25. The number of hydrogen-bond acceptors (Lipinski definition) is 9. The van der Waals surface area contributed by atoms with Gasteiger partial charge in [0.25, 0.3) is 11.6 Å². The summed E-state index contributed by atoms with van der Waals surface area (Å²) in [5, 5.41) is 34.4. The highest BCUT2D eigenvalue weighted by Gasteiger charge is 2.23. The summed E-state index contributed by atoms with van der Waals surface area (Å²) in [5.74, 6) is -1.35. The third-order valence-electron chi connectivity index (χ3n) is 4.82. The zero-order chi connectivity index (χ0) is 28.0. The third-order valence-corrected chi connectivity index (χ3v) is 6.00. The molecule has 0 atom stereocenters. The number of ether oxygens (including phenoxy) is 2. The van der Waals surface area contributed by atoms with Crippen LogP contribution in [0, 0.1) is 31.6 Å². The Hall–Kier alpha value is -4.61. The molecule has 0 saturated carbocycles. The number of nitrogens with zero attached hydrogens (tertiary/aromatic N) is 3. The number of anilines is 1. The van der Waals surface area contributed by atoms with Crippen LogP contribution in [-0.4, -0.2) is 28.8 Å². The average Bonchev–Trinajstić information content (AvgIpc) is 2.89. The zero-order valence-electron chi connectivity index (χ0n) is 19.1. The van der Waals surface area contributed by atoms with Crippen LogP contribution in [0.5, 0.6) is 11.5 Å². The number of nitriles is 1. The van der Waals surface area contributed by atoms with Gasteiger partial charge >= 0.3 is 11.7 Å². The molecule has 0 radical (unpaired) electrons. The summed E-state index contributed by atoms with van der Waals surface area (Å²) < 4.78 is 10.9. The maximum Gasteiger partial charge on any atom is 0.337 e. The van der Waals surface area contributed by atoms with E-state index in [-0.39, 0.29) is 22.6 Å². The molecule has 0 aliphatic rings. The Balaban J connectivity index is 1.85. The van der Waals surface area contributed by atoms with Crippen LogP contribution in [0.3, 0.4) is 0 Å². The van der Waals surface area contributed by atoms with E-state index >= 15 is 0 Å². The number of carbonyl (C=O) groups is 2. The number of carbonyl (C=O) groups excluding carboxylic acids is 2. The van der Waals surface area contributed by atoms with Gasteiger partial charge in [-0.2, -0.15) is 5.26 Å². The van der Waals surface area contributed by atoms with Gasteiger partial charge in [-0.05, 0) is 86.0 Å². The lowest BCUT2D eigenvalue weighted by Gasteiger charge is -2.11. The van der Waals surface area contributed by atoms with E-state index in [1.807, 2.05) is 6.07 Å². The van der Waals surface area contributed by atoms with Gasteiger partial charge < -0.3 is 14.8 Å². The normalized spacial score (nSPS) is 10.7. The van der Waals surface area contributed by atoms with Crippen LogP contribution in [0.4, 0.5) is 17.1 Å². The average molecular weight is 646 g/mol. The van der Waals surface area contributed by atoms with Crippen LogP contribution in [-0.2, 0) is 9.53 Å².